The van der Waals surface area contributed by atoms with Crippen molar-refractivity contribution in [1.82, 2.24) is 19.7 Å². The number of aryl methyl sites for hydroxylation is 1. The Hall–Kier alpha value is -3.51. The fourth-order valence-corrected chi connectivity index (χ4v) is 4.43. The number of carbonyl (C=O) groups excluding carboxylic acids is 1. The van der Waals surface area contributed by atoms with E-state index in [1.165, 1.54) is 13.0 Å². The summed E-state index contributed by atoms with van der Waals surface area (Å²) >= 11 is 0. The largest absolute Gasteiger partial charge is 0.491 e. The van der Waals surface area contributed by atoms with Crippen molar-refractivity contribution < 1.29 is 22.7 Å². The van der Waals surface area contributed by atoms with Gasteiger partial charge in [-0.05, 0) is 13.8 Å². The van der Waals surface area contributed by atoms with Gasteiger partial charge in [0.25, 0.3) is 0 Å². The summed E-state index contributed by atoms with van der Waals surface area (Å²) in [6.07, 6.45) is 3.27. The predicted octanol–water partition coefficient (Wildman–Crippen LogP) is 2.84. The molecule has 0 atom stereocenters. The Morgan fingerprint density at radius 1 is 1.23 bits per heavy atom. The van der Waals surface area contributed by atoms with E-state index >= 15 is 0 Å². The maximum Gasteiger partial charge on any atom is 0.222 e. The summed E-state index contributed by atoms with van der Waals surface area (Å²) in [5, 5.41) is 10.4. The summed E-state index contributed by atoms with van der Waals surface area (Å²) in [5.41, 5.74) is 3.90. The summed E-state index contributed by atoms with van der Waals surface area (Å²) in [6, 6.07) is 4.66. The SMILES string of the molecule is CC(=O)Nc1cc(Nc2cc(OC(C)C)cc(S(C)(=O)=O)n2)c(-c2nn(C)c3c2COCC3)cn1. The minimum Gasteiger partial charge on any atom is -0.491 e. The summed E-state index contributed by atoms with van der Waals surface area (Å²) in [6.45, 7) is 6.13. The average Bonchev–Trinajstić information content (AvgIpc) is 3.09. The number of hydrogen-bond donors (Lipinski definition) is 2. The van der Waals surface area contributed by atoms with Gasteiger partial charge in [-0.2, -0.15) is 5.10 Å². The van der Waals surface area contributed by atoms with E-state index in [2.05, 4.69) is 20.6 Å². The first kappa shape index (κ1) is 24.6. The normalized spacial score (nSPS) is 13.4. The van der Waals surface area contributed by atoms with Gasteiger partial charge in [0.2, 0.25) is 5.91 Å². The standard InChI is InChI=1S/C23H28N6O5S/c1-13(2)34-15-8-21(27-22(9-15)35(5,31)32)26-18-10-20(25-14(3)30)24-11-16(18)23-17-12-33-7-6-19(17)29(4)28-23/h8-11,13H,6-7,12H2,1-5H3,(H2,24,25,26,27,30). The van der Waals surface area contributed by atoms with Gasteiger partial charge in [0.05, 0.1) is 25.0 Å². The van der Waals surface area contributed by atoms with Gasteiger partial charge in [0.15, 0.2) is 14.9 Å². The smallest absolute Gasteiger partial charge is 0.222 e. The molecule has 0 fully saturated rings. The average molecular weight is 501 g/mol. The van der Waals surface area contributed by atoms with Crippen molar-refractivity contribution in [2.45, 2.75) is 44.9 Å². The number of nitrogens with zero attached hydrogens (tertiary/aromatic N) is 4. The Bertz CT molecular complexity index is 1380. The topological polar surface area (TPSA) is 137 Å². The number of nitrogens with one attached hydrogen (secondary N) is 2. The van der Waals surface area contributed by atoms with Gasteiger partial charge in [-0.3, -0.25) is 9.48 Å². The number of carbonyl (C=O) groups is 1. The highest BCUT2D eigenvalue weighted by atomic mass is 32.2. The molecule has 0 aromatic carbocycles. The van der Waals surface area contributed by atoms with E-state index in [-0.39, 0.29) is 22.9 Å². The first-order valence-corrected chi connectivity index (χ1v) is 13.0. The molecule has 0 saturated heterocycles. The van der Waals surface area contributed by atoms with Crippen LogP contribution in [0.25, 0.3) is 11.3 Å². The molecule has 3 aromatic rings. The number of fused-ring (bicyclic) bond motifs is 1. The summed E-state index contributed by atoms with van der Waals surface area (Å²) in [7, 11) is -1.72. The van der Waals surface area contributed by atoms with Gasteiger partial charge in [-0.1, -0.05) is 0 Å². The van der Waals surface area contributed by atoms with Crippen LogP contribution in [0, 0.1) is 0 Å². The van der Waals surface area contributed by atoms with Gasteiger partial charge in [-0.25, -0.2) is 18.4 Å². The lowest BCUT2D eigenvalue weighted by molar-refractivity contribution is -0.114. The van der Waals surface area contributed by atoms with Gasteiger partial charge < -0.3 is 20.1 Å². The maximum atomic E-state index is 12.3. The van der Waals surface area contributed by atoms with Crippen LogP contribution in [-0.4, -0.2) is 53.0 Å². The van der Waals surface area contributed by atoms with Crippen LogP contribution < -0.4 is 15.4 Å². The minimum absolute atomic E-state index is 0.126. The van der Waals surface area contributed by atoms with Crippen LogP contribution in [0.2, 0.25) is 0 Å². The second-order valence-corrected chi connectivity index (χ2v) is 10.5. The third kappa shape index (κ3) is 5.60. The second kappa shape index (κ2) is 9.62. The lowest BCUT2D eigenvalue weighted by Gasteiger charge is -2.17. The molecule has 1 aliphatic rings. The molecule has 3 aromatic heterocycles. The highest BCUT2D eigenvalue weighted by Crippen LogP contribution is 2.36. The zero-order chi connectivity index (χ0) is 25.3. The number of anilines is 3. The van der Waals surface area contributed by atoms with E-state index in [1.807, 2.05) is 25.6 Å². The van der Waals surface area contributed by atoms with Crippen molar-refractivity contribution in [3.63, 3.8) is 0 Å². The van der Waals surface area contributed by atoms with Crippen molar-refractivity contribution in [2.24, 2.45) is 7.05 Å². The van der Waals surface area contributed by atoms with E-state index < -0.39 is 9.84 Å². The molecule has 1 aliphatic heterocycles. The van der Waals surface area contributed by atoms with Crippen LogP contribution in [0.3, 0.4) is 0 Å². The first-order valence-electron chi connectivity index (χ1n) is 11.1. The van der Waals surface area contributed by atoms with Gasteiger partial charge >= 0.3 is 0 Å². The molecule has 11 nitrogen and oxygen atoms in total. The summed E-state index contributed by atoms with van der Waals surface area (Å²) in [4.78, 5) is 20.3. The Balaban J connectivity index is 1.84. The molecule has 4 heterocycles. The minimum atomic E-state index is -3.60. The third-order valence-corrected chi connectivity index (χ3v) is 6.23. The van der Waals surface area contributed by atoms with Crippen LogP contribution in [-0.2, 0) is 39.4 Å². The molecule has 1 amide bonds. The molecule has 186 valence electrons. The van der Waals surface area contributed by atoms with Gasteiger partial charge in [0.1, 0.15) is 23.1 Å². The van der Waals surface area contributed by atoms with Crippen LogP contribution in [0.1, 0.15) is 32.0 Å². The molecule has 0 aliphatic carbocycles. The van der Waals surface area contributed by atoms with Crippen molar-refractivity contribution >= 4 is 33.1 Å². The van der Waals surface area contributed by atoms with E-state index in [1.54, 1.807) is 18.3 Å². The quantitative estimate of drug-likeness (QED) is 0.501. The molecule has 0 bridgehead atoms. The fourth-order valence-electron chi connectivity index (χ4n) is 3.84. The number of pyridine rings is 2. The Kier molecular flexibility index (Phi) is 6.77. The monoisotopic (exact) mass is 500 g/mol. The van der Waals surface area contributed by atoms with Gasteiger partial charge in [-0.15, -0.1) is 0 Å². The van der Waals surface area contributed by atoms with Crippen molar-refractivity contribution in [3.8, 4) is 17.0 Å². The Morgan fingerprint density at radius 2 is 2.00 bits per heavy atom. The van der Waals surface area contributed by atoms with Crippen molar-refractivity contribution in [2.75, 3.05) is 23.5 Å². The summed E-state index contributed by atoms with van der Waals surface area (Å²) < 4.78 is 37.8. The molecule has 4 rings (SSSR count). The number of sulfone groups is 1. The van der Waals surface area contributed by atoms with E-state index in [4.69, 9.17) is 14.6 Å². The van der Waals surface area contributed by atoms with E-state index in [0.29, 0.717) is 41.7 Å². The molecular weight excluding hydrogens is 472 g/mol. The third-order valence-electron chi connectivity index (χ3n) is 5.26. The van der Waals surface area contributed by atoms with E-state index in [9.17, 15) is 13.2 Å². The van der Waals surface area contributed by atoms with Crippen molar-refractivity contribution in [1.29, 1.82) is 0 Å². The first-order chi connectivity index (χ1) is 16.5. The van der Waals surface area contributed by atoms with Crippen LogP contribution >= 0.6 is 0 Å². The number of amides is 1. The fraction of sp³-hybridized carbons (Fsp3) is 0.391. The molecule has 0 radical (unpaired) electrons. The van der Waals surface area contributed by atoms with E-state index in [0.717, 1.165) is 23.9 Å². The molecule has 2 N–H and O–H groups in total. The highest BCUT2D eigenvalue weighted by molar-refractivity contribution is 7.90. The molecule has 12 heteroatoms. The maximum absolute atomic E-state index is 12.3. The highest BCUT2D eigenvalue weighted by Gasteiger charge is 2.24. The number of ether oxygens (including phenoxy) is 2. The Labute approximate surface area is 203 Å². The lowest BCUT2D eigenvalue weighted by atomic mass is 10.0. The lowest BCUT2D eigenvalue weighted by Crippen LogP contribution is -2.12. The predicted molar refractivity (Wildman–Crippen MR) is 130 cm³/mol. The van der Waals surface area contributed by atoms with Crippen molar-refractivity contribution in [3.05, 3.63) is 35.7 Å². The van der Waals surface area contributed by atoms with Crippen LogP contribution in [0.15, 0.2) is 29.4 Å². The van der Waals surface area contributed by atoms with Crippen LogP contribution in [0.4, 0.5) is 17.3 Å². The van der Waals surface area contributed by atoms with Crippen LogP contribution in [0.5, 0.6) is 5.75 Å². The molecular formula is C23H28N6O5S. The molecule has 0 unspecified atom stereocenters. The zero-order valence-corrected chi connectivity index (χ0v) is 21.1. The number of aromatic nitrogens is 4. The van der Waals surface area contributed by atoms with Gasteiger partial charge in [0, 0.05) is 67.9 Å². The summed E-state index contributed by atoms with van der Waals surface area (Å²) in [5.74, 6) is 0.664. The molecule has 35 heavy (non-hydrogen) atoms. The zero-order valence-electron chi connectivity index (χ0n) is 20.2. The number of rotatable bonds is 7. The molecule has 0 saturated carbocycles. The second-order valence-electron chi connectivity index (χ2n) is 8.59. The number of hydrogen-bond acceptors (Lipinski definition) is 9. The molecule has 0 spiro atoms. The Morgan fingerprint density at radius 3 is 2.69 bits per heavy atom.